The minimum Gasteiger partial charge on any atom is -0.490 e. The third kappa shape index (κ3) is 3.87. The molecule has 5 nitrogen and oxygen atoms in total. The van der Waals surface area contributed by atoms with E-state index in [1.807, 2.05) is 12.1 Å². The molecule has 1 aromatic rings. The Balaban J connectivity index is 1.55. The molecule has 3 rings (SSSR count). The standard InChI is InChI=1S/C16H24N2O3/c1-18-6-9-19-14(12-18)11-17-10-13-4-2-5-15-16(13)21-8-3-7-20-15/h2,4-5,14,17H,3,6-12H2,1H3/t14-/m0/s1. The van der Waals surface area contributed by atoms with Crippen LogP contribution in [0.15, 0.2) is 18.2 Å². The molecule has 2 heterocycles. The zero-order chi connectivity index (χ0) is 14.5. The maximum absolute atomic E-state index is 5.83. The van der Waals surface area contributed by atoms with Gasteiger partial charge < -0.3 is 24.4 Å². The molecule has 1 aromatic carbocycles. The molecule has 21 heavy (non-hydrogen) atoms. The van der Waals surface area contributed by atoms with Crippen molar-refractivity contribution in [3.05, 3.63) is 23.8 Å². The van der Waals surface area contributed by atoms with Crippen molar-refractivity contribution in [2.75, 3.05) is 46.5 Å². The highest BCUT2D eigenvalue weighted by Gasteiger charge is 2.18. The quantitative estimate of drug-likeness (QED) is 0.905. The van der Waals surface area contributed by atoms with Crippen LogP contribution in [0.5, 0.6) is 11.5 Å². The molecule has 1 saturated heterocycles. The Morgan fingerprint density at radius 2 is 2.14 bits per heavy atom. The summed E-state index contributed by atoms with van der Waals surface area (Å²) in [7, 11) is 2.14. The number of fused-ring (bicyclic) bond motifs is 1. The number of nitrogens with zero attached hydrogens (tertiary/aromatic N) is 1. The van der Waals surface area contributed by atoms with Crippen LogP contribution < -0.4 is 14.8 Å². The van der Waals surface area contributed by atoms with Gasteiger partial charge in [0.25, 0.3) is 0 Å². The fourth-order valence-corrected chi connectivity index (χ4v) is 2.75. The minimum atomic E-state index is 0.267. The molecule has 0 amide bonds. The van der Waals surface area contributed by atoms with Crippen molar-refractivity contribution in [3.63, 3.8) is 0 Å². The van der Waals surface area contributed by atoms with Gasteiger partial charge in [-0.3, -0.25) is 0 Å². The normalized spacial score (nSPS) is 22.8. The summed E-state index contributed by atoms with van der Waals surface area (Å²) < 4.78 is 17.3. The van der Waals surface area contributed by atoms with Crippen molar-refractivity contribution in [3.8, 4) is 11.5 Å². The topological polar surface area (TPSA) is 43.0 Å². The van der Waals surface area contributed by atoms with Crippen LogP contribution in [-0.4, -0.2) is 57.5 Å². The lowest BCUT2D eigenvalue weighted by Gasteiger charge is -2.30. The molecular weight excluding hydrogens is 268 g/mol. The van der Waals surface area contributed by atoms with Crippen LogP contribution >= 0.6 is 0 Å². The average molecular weight is 292 g/mol. The number of benzene rings is 1. The molecule has 2 aliphatic heterocycles. The molecule has 0 spiro atoms. The van der Waals surface area contributed by atoms with E-state index in [2.05, 4.69) is 23.3 Å². The van der Waals surface area contributed by atoms with Gasteiger partial charge in [0.05, 0.1) is 25.9 Å². The second-order valence-corrected chi connectivity index (χ2v) is 5.68. The highest BCUT2D eigenvalue weighted by atomic mass is 16.5. The first kappa shape index (κ1) is 14.6. The van der Waals surface area contributed by atoms with E-state index in [0.717, 1.165) is 69.5 Å². The molecule has 0 aromatic heterocycles. The van der Waals surface area contributed by atoms with Gasteiger partial charge in [-0.15, -0.1) is 0 Å². The Kier molecular flexibility index (Phi) is 4.95. The summed E-state index contributed by atoms with van der Waals surface area (Å²) in [6, 6.07) is 6.09. The lowest BCUT2D eigenvalue weighted by Crippen LogP contribution is -2.44. The Hall–Kier alpha value is -1.30. The van der Waals surface area contributed by atoms with Gasteiger partial charge >= 0.3 is 0 Å². The lowest BCUT2D eigenvalue weighted by atomic mass is 10.1. The summed E-state index contributed by atoms with van der Waals surface area (Å²) in [6.45, 7) is 5.91. The number of rotatable bonds is 4. The van der Waals surface area contributed by atoms with Gasteiger partial charge in [-0.1, -0.05) is 12.1 Å². The number of para-hydroxylation sites is 1. The zero-order valence-corrected chi connectivity index (χ0v) is 12.6. The predicted octanol–water partition coefficient (Wildman–Crippen LogP) is 1.27. The highest BCUT2D eigenvalue weighted by molar-refractivity contribution is 5.47. The minimum absolute atomic E-state index is 0.267. The third-order valence-electron chi connectivity index (χ3n) is 3.88. The van der Waals surface area contributed by atoms with Gasteiger partial charge in [0.1, 0.15) is 0 Å². The van der Waals surface area contributed by atoms with E-state index in [1.165, 1.54) is 0 Å². The van der Waals surface area contributed by atoms with E-state index in [9.17, 15) is 0 Å². The first-order chi connectivity index (χ1) is 10.3. The van der Waals surface area contributed by atoms with E-state index < -0.39 is 0 Å². The van der Waals surface area contributed by atoms with Crippen molar-refractivity contribution < 1.29 is 14.2 Å². The molecule has 116 valence electrons. The molecule has 0 unspecified atom stereocenters. The maximum atomic E-state index is 5.83. The summed E-state index contributed by atoms with van der Waals surface area (Å²) in [6.07, 6.45) is 1.20. The summed E-state index contributed by atoms with van der Waals surface area (Å²) in [5.74, 6) is 1.75. The van der Waals surface area contributed by atoms with E-state index in [4.69, 9.17) is 14.2 Å². The van der Waals surface area contributed by atoms with Crippen molar-refractivity contribution >= 4 is 0 Å². The Morgan fingerprint density at radius 1 is 1.24 bits per heavy atom. The van der Waals surface area contributed by atoms with Crippen molar-refractivity contribution in [2.24, 2.45) is 0 Å². The summed E-state index contributed by atoms with van der Waals surface area (Å²) in [5, 5.41) is 3.48. The average Bonchev–Trinajstić information content (AvgIpc) is 2.73. The smallest absolute Gasteiger partial charge is 0.165 e. The van der Waals surface area contributed by atoms with Crippen molar-refractivity contribution in [2.45, 2.75) is 19.1 Å². The van der Waals surface area contributed by atoms with Crippen molar-refractivity contribution in [1.29, 1.82) is 0 Å². The molecule has 0 radical (unpaired) electrons. The summed E-state index contributed by atoms with van der Waals surface area (Å²) in [4.78, 5) is 2.31. The second-order valence-electron chi connectivity index (χ2n) is 5.68. The molecule has 5 heteroatoms. The number of hydrogen-bond acceptors (Lipinski definition) is 5. The fraction of sp³-hybridized carbons (Fsp3) is 0.625. The first-order valence-electron chi connectivity index (χ1n) is 7.71. The van der Waals surface area contributed by atoms with E-state index in [1.54, 1.807) is 0 Å². The predicted molar refractivity (Wildman–Crippen MR) is 81.0 cm³/mol. The Morgan fingerprint density at radius 3 is 3.05 bits per heavy atom. The highest BCUT2D eigenvalue weighted by Crippen LogP contribution is 2.33. The molecule has 1 N–H and O–H groups in total. The molecular formula is C16H24N2O3. The second kappa shape index (κ2) is 7.11. The van der Waals surface area contributed by atoms with Gasteiger partial charge in [0.15, 0.2) is 11.5 Å². The maximum Gasteiger partial charge on any atom is 0.165 e. The summed E-state index contributed by atoms with van der Waals surface area (Å²) in [5.41, 5.74) is 1.15. The molecule has 2 aliphatic rings. The van der Waals surface area contributed by atoms with Crippen LogP contribution in [0.1, 0.15) is 12.0 Å². The number of ether oxygens (including phenoxy) is 3. The fourth-order valence-electron chi connectivity index (χ4n) is 2.75. The molecule has 0 saturated carbocycles. The van der Waals surface area contributed by atoms with E-state index >= 15 is 0 Å². The van der Waals surface area contributed by atoms with Gasteiger partial charge in [-0.25, -0.2) is 0 Å². The van der Waals surface area contributed by atoms with Crippen LogP contribution in [0.4, 0.5) is 0 Å². The van der Waals surface area contributed by atoms with Crippen LogP contribution in [0, 0.1) is 0 Å². The van der Waals surface area contributed by atoms with Gasteiger partial charge in [0.2, 0.25) is 0 Å². The number of nitrogens with one attached hydrogen (secondary N) is 1. The number of morpholine rings is 1. The van der Waals surface area contributed by atoms with Crippen molar-refractivity contribution in [1.82, 2.24) is 10.2 Å². The van der Waals surface area contributed by atoms with Crippen LogP contribution in [0.2, 0.25) is 0 Å². The van der Waals surface area contributed by atoms with Gasteiger partial charge in [0, 0.05) is 38.2 Å². The van der Waals surface area contributed by atoms with Crippen LogP contribution in [-0.2, 0) is 11.3 Å². The van der Waals surface area contributed by atoms with E-state index in [0.29, 0.717) is 0 Å². The molecule has 1 fully saturated rings. The van der Waals surface area contributed by atoms with Gasteiger partial charge in [-0.05, 0) is 13.1 Å². The Labute approximate surface area is 126 Å². The number of likely N-dealkylation sites (N-methyl/N-ethyl adjacent to an activating group) is 1. The first-order valence-corrected chi connectivity index (χ1v) is 7.71. The van der Waals surface area contributed by atoms with Crippen LogP contribution in [0.3, 0.4) is 0 Å². The Bertz CT molecular complexity index is 467. The lowest BCUT2D eigenvalue weighted by molar-refractivity contribution is -0.0182. The number of hydrogen-bond donors (Lipinski definition) is 1. The molecule has 0 aliphatic carbocycles. The van der Waals surface area contributed by atoms with Crippen LogP contribution in [0.25, 0.3) is 0 Å². The molecule has 1 atom stereocenters. The SMILES string of the molecule is CN1CCO[C@@H](CNCc2cccc3c2OCCCO3)C1. The van der Waals surface area contributed by atoms with E-state index in [-0.39, 0.29) is 6.10 Å². The van der Waals surface area contributed by atoms with Gasteiger partial charge in [-0.2, -0.15) is 0 Å². The third-order valence-corrected chi connectivity index (χ3v) is 3.88. The monoisotopic (exact) mass is 292 g/mol. The largest absolute Gasteiger partial charge is 0.490 e. The molecule has 0 bridgehead atoms. The zero-order valence-electron chi connectivity index (χ0n) is 12.6. The summed E-state index contributed by atoms with van der Waals surface area (Å²) >= 11 is 0.